The number of nitrogens with zero attached hydrogens (tertiary/aromatic N) is 3. The quantitative estimate of drug-likeness (QED) is 0.271. The Labute approximate surface area is 181 Å². The highest BCUT2D eigenvalue weighted by Gasteiger charge is 2.10. The van der Waals surface area contributed by atoms with Gasteiger partial charge in [0.15, 0.2) is 5.96 Å². The fourth-order valence-electron chi connectivity index (χ4n) is 3.57. The Hall–Kier alpha value is -1.28. The van der Waals surface area contributed by atoms with Crippen LogP contribution in [0.2, 0.25) is 0 Å². The summed E-state index contributed by atoms with van der Waals surface area (Å²) in [4.78, 5) is 9.70. The molecule has 0 spiro atoms. The third-order valence-electron chi connectivity index (χ3n) is 5.03. The molecule has 2 N–H and O–H groups in total. The average Bonchev–Trinajstić information content (AvgIpc) is 3.22. The molecule has 1 fully saturated rings. The first-order valence-electron chi connectivity index (χ1n) is 10.1. The van der Waals surface area contributed by atoms with E-state index in [0.29, 0.717) is 6.54 Å². The lowest BCUT2D eigenvalue weighted by molar-refractivity contribution is 0.232. The molecule has 0 amide bonds. The molecule has 0 aliphatic carbocycles. The molecule has 0 atom stereocenters. The lowest BCUT2D eigenvalue weighted by Crippen LogP contribution is -2.42. The summed E-state index contributed by atoms with van der Waals surface area (Å²) >= 11 is 0. The molecule has 2 heterocycles. The molecule has 0 saturated carbocycles. The van der Waals surface area contributed by atoms with E-state index in [1.54, 1.807) is 0 Å². The summed E-state index contributed by atoms with van der Waals surface area (Å²) in [5.74, 6) is 0.915. The highest BCUT2D eigenvalue weighted by molar-refractivity contribution is 14.0. The molecule has 5 nitrogen and oxygen atoms in total. The molecule has 2 aliphatic rings. The van der Waals surface area contributed by atoms with Crippen molar-refractivity contribution in [1.29, 1.82) is 0 Å². The first-order chi connectivity index (χ1) is 12.8. The molecule has 0 bridgehead atoms. The first-order valence-corrected chi connectivity index (χ1v) is 10.1. The molecule has 0 unspecified atom stereocenters. The van der Waals surface area contributed by atoms with Gasteiger partial charge in [0.2, 0.25) is 0 Å². The topological polar surface area (TPSA) is 42.9 Å². The van der Waals surface area contributed by atoms with Crippen LogP contribution in [0.3, 0.4) is 0 Å². The molecular weight excluding hydrogens is 449 g/mol. The molecule has 1 saturated heterocycles. The summed E-state index contributed by atoms with van der Waals surface area (Å²) in [6, 6.07) is 8.74. The number of benzene rings is 1. The second-order valence-corrected chi connectivity index (χ2v) is 7.07. The van der Waals surface area contributed by atoms with Crippen molar-refractivity contribution in [2.75, 3.05) is 50.7 Å². The van der Waals surface area contributed by atoms with E-state index in [0.717, 1.165) is 38.7 Å². The van der Waals surface area contributed by atoms with E-state index in [1.807, 2.05) is 0 Å². The predicted molar refractivity (Wildman–Crippen MR) is 126 cm³/mol. The molecule has 0 aromatic heterocycles. The third kappa shape index (κ3) is 7.33. The monoisotopic (exact) mass is 483 g/mol. The zero-order valence-electron chi connectivity index (χ0n) is 16.5. The molecule has 3 rings (SSSR count). The van der Waals surface area contributed by atoms with Crippen LogP contribution in [-0.2, 0) is 6.54 Å². The van der Waals surface area contributed by atoms with Crippen LogP contribution in [0, 0.1) is 0 Å². The second kappa shape index (κ2) is 12.2. The number of hydrogen-bond donors (Lipinski definition) is 2. The van der Waals surface area contributed by atoms with E-state index in [-0.39, 0.29) is 24.0 Å². The Morgan fingerprint density at radius 3 is 2.59 bits per heavy atom. The summed E-state index contributed by atoms with van der Waals surface area (Å²) in [5, 5.41) is 6.85. The molecule has 27 heavy (non-hydrogen) atoms. The van der Waals surface area contributed by atoms with Gasteiger partial charge in [0.25, 0.3) is 0 Å². The summed E-state index contributed by atoms with van der Waals surface area (Å²) in [6.07, 6.45) is 8.52. The van der Waals surface area contributed by atoms with Crippen LogP contribution < -0.4 is 15.5 Å². The van der Waals surface area contributed by atoms with Crippen LogP contribution in [0.1, 0.15) is 31.7 Å². The fraction of sp³-hybridized carbons (Fsp3) is 0.571. The molecule has 2 aliphatic heterocycles. The maximum atomic E-state index is 4.78. The van der Waals surface area contributed by atoms with Crippen LogP contribution in [0.25, 0.3) is 0 Å². The number of piperidine rings is 1. The van der Waals surface area contributed by atoms with Gasteiger partial charge >= 0.3 is 0 Å². The Bertz CT molecular complexity index is 602. The van der Waals surface area contributed by atoms with Crippen molar-refractivity contribution in [2.45, 2.75) is 32.7 Å². The minimum Gasteiger partial charge on any atom is -0.364 e. The van der Waals surface area contributed by atoms with Crippen LogP contribution in [0.5, 0.6) is 0 Å². The van der Waals surface area contributed by atoms with Crippen molar-refractivity contribution in [3.05, 3.63) is 42.0 Å². The van der Waals surface area contributed by atoms with Gasteiger partial charge in [0.1, 0.15) is 0 Å². The normalized spacial score (nSPS) is 17.7. The highest BCUT2D eigenvalue weighted by atomic mass is 127. The van der Waals surface area contributed by atoms with Crippen molar-refractivity contribution in [3.63, 3.8) is 0 Å². The van der Waals surface area contributed by atoms with Crippen molar-refractivity contribution in [1.82, 2.24) is 15.5 Å². The third-order valence-corrected chi connectivity index (χ3v) is 5.03. The predicted octanol–water partition coefficient (Wildman–Crippen LogP) is 3.22. The average molecular weight is 483 g/mol. The SMILES string of the molecule is CCNC(=NCc1cccc(N2CC=CC2)c1)NCCN1CCCCC1.I. The summed E-state index contributed by atoms with van der Waals surface area (Å²) < 4.78 is 0. The lowest BCUT2D eigenvalue weighted by atomic mass is 10.1. The van der Waals surface area contributed by atoms with Gasteiger partial charge in [-0.1, -0.05) is 30.7 Å². The van der Waals surface area contributed by atoms with E-state index >= 15 is 0 Å². The van der Waals surface area contributed by atoms with Gasteiger partial charge < -0.3 is 20.4 Å². The van der Waals surface area contributed by atoms with Crippen LogP contribution in [0.15, 0.2) is 41.4 Å². The molecule has 1 aromatic rings. The van der Waals surface area contributed by atoms with Crippen LogP contribution >= 0.6 is 24.0 Å². The van der Waals surface area contributed by atoms with E-state index in [9.17, 15) is 0 Å². The zero-order valence-corrected chi connectivity index (χ0v) is 18.8. The van der Waals surface area contributed by atoms with E-state index in [4.69, 9.17) is 4.99 Å². The minimum atomic E-state index is 0. The first kappa shape index (κ1) is 22.0. The van der Waals surface area contributed by atoms with E-state index in [1.165, 1.54) is 43.6 Å². The van der Waals surface area contributed by atoms with E-state index < -0.39 is 0 Å². The maximum absolute atomic E-state index is 4.78. The van der Waals surface area contributed by atoms with Gasteiger partial charge in [-0.2, -0.15) is 0 Å². The lowest BCUT2D eigenvalue weighted by Gasteiger charge is -2.26. The molecule has 1 aromatic carbocycles. The van der Waals surface area contributed by atoms with Crippen molar-refractivity contribution >= 4 is 35.6 Å². The number of aliphatic imine (C=N–C) groups is 1. The van der Waals surface area contributed by atoms with Gasteiger partial charge in [0.05, 0.1) is 6.54 Å². The van der Waals surface area contributed by atoms with Gasteiger partial charge in [-0.25, -0.2) is 4.99 Å². The zero-order chi connectivity index (χ0) is 18.0. The molecule has 6 heteroatoms. The smallest absolute Gasteiger partial charge is 0.191 e. The van der Waals surface area contributed by atoms with Crippen LogP contribution in [-0.4, -0.2) is 56.7 Å². The minimum absolute atomic E-state index is 0. The Morgan fingerprint density at radius 1 is 1.07 bits per heavy atom. The second-order valence-electron chi connectivity index (χ2n) is 7.07. The van der Waals surface area contributed by atoms with Crippen molar-refractivity contribution < 1.29 is 0 Å². The number of halogens is 1. The number of nitrogens with one attached hydrogen (secondary N) is 2. The summed E-state index contributed by atoms with van der Waals surface area (Å²) in [6.45, 7) is 10.3. The molecular formula is C21H34IN5. The molecule has 0 radical (unpaired) electrons. The Kier molecular flexibility index (Phi) is 9.97. The summed E-state index contributed by atoms with van der Waals surface area (Å²) in [7, 11) is 0. The highest BCUT2D eigenvalue weighted by Crippen LogP contribution is 2.18. The number of anilines is 1. The standard InChI is InChI=1S/C21H33N5.HI/c1-2-22-21(23-11-16-25-12-4-3-5-13-25)24-18-19-9-8-10-20(17-19)26-14-6-7-15-26;/h6-10,17H,2-5,11-16,18H2,1H3,(H2,22,23,24);1H. The Morgan fingerprint density at radius 2 is 1.85 bits per heavy atom. The maximum Gasteiger partial charge on any atom is 0.191 e. The summed E-state index contributed by atoms with van der Waals surface area (Å²) in [5.41, 5.74) is 2.54. The van der Waals surface area contributed by atoms with Crippen molar-refractivity contribution in [3.8, 4) is 0 Å². The number of rotatable bonds is 7. The fourth-order valence-corrected chi connectivity index (χ4v) is 3.57. The van der Waals surface area contributed by atoms with Gasteiger partial charge in [-0.3, -0.25) is 0 Å². The van der Waals surface area contributed by atoms with E-state index in [2.05, 4.69) is 63.8 Å². The van der Waals surface area contributed by atoms with Gasteiger partial charge in [-0.15, -0.1) is 24.0 Å². The Balaban J connectivity index is 0.00000261. The van der Waals surface area contributed by atoms with Crippen molar-refractivity contribution in [2.24, 2.45) is 4.99 Å². The van der Waals surface area contributed by atoms with Crippen LogP contribution in [0.4, 0.5) is 5.69 Å². The molecule has 150 valence electrons. The number of hydrogen-bond acceptors (Lipinski definition) is 3. The number of likely N-dealkylation sites (tertiary alicyclic amines) is 1. The largest absolute Gasteiger partial charge is 0.364 e. The number of guanidine groups is 1. The van der Waals surface area contributed by atoms with Gasteiger partial charge in [-0.05, 0) is 50.6 Å². The van der Waals surface area contributed by atoms with Gasteiger partial charge in [0, 0.05) is 38.4 Å².